The third-order valence-corrected chi connectivity index (χ3v) is 3.88. The van der Waals surface area contributed by atoms with Crippen molar-refractivity contribution in [2.75, 3.05) is 25.3 Å². The van der Waals surface area contributed by atoms with Crippen molar-refractivity contribution >= 4 is 29.5 Å². The number of anilines is 1. The minimum absolute atomic E-state index is 0.0395. The highest BCUT2D eigenvalue weighted by molar-refractivity contribution is 5.93. The number of hydrogen-bond acceptors (Lipinski definition) is 6. The lowest BCUT2D eigenvalue weighted by atomic mass is 10.2. The van der Waals surface area contributed by atoms with E-state index in [1.807, 2.05) is 30.3 Å². The Morgan fingerprint density at radius 3 is 2.66 bits per heavy atom. The molecule has 0 aromatic heterocycles. The van der Waals surface area contributed by atoms with Crippen molar-refractivity contribution in [3.63, 3.8) is 0 Å². The maximum Gasteiger partial charge on any atom is 0.308 e. The van der Waals surface area contributed by atoms with Crippen LogP contribution in [0.25, 0.3) is 6.08 Å². The molecule has 8 heteroatoms. The van der Waals surface area contributed by atoms with Crippen molar-refractivity contribution in [1.82, 2.24) is 5.32 Å². The first-order chi connectivity index (χ1) is 14.1. The normalized spacial score (nSPS) is 11.9. The average Bonchev–Trinajstić information content (AvgIpc) is 3.19. The highest BCUT2D eigenvalue weighted by atomic mass is 16.7. The summed E-state index contributed by atoms with van der Waals surface area (Å²) in [6, 6.07) is 14.3. The van der Waals surface area contributed by atoms with Crippen molar-refractivity contribution in [1.29, 1.82) is 0 Å². The first-order valence-corrected chi connectivity index (χ1v) is 8.96. The molecule has 150 valence electrons. The fourth-order valence-electron chi connectivity index (χ4n) is 2.47. The summed E-state index contributed by atoms with van der Waals surface area (Å²) in [5.41, 5.74) is 1.41. The molecule has 0 fully saturated rings. The summed E-state index contributed by atoms with van der Waals surface area (Å²) < 4.78 is 15.3. The van der Waals surface area contributed by atoms with Crippen LogP contribution in [-0.2, 0) is 19.1 Å². The van der Waals surface area contributed by atoms with Gasteiger partial charge in [0, 0.05) is 24.4 Å². The van der Waals surface area contributed by atoms with Gasteiger partial charge in [-0.2, -0.15) is 0 Å². The molecule has 2 aromatic carbocycles. The Kier molecular flexibility index (Phi) is 6.83. The SMILES string of the molecule is O=C(/C=C/c1ccccc1)NCCC(=O)OCC(=O)Nc1ccc2c(c1)OCO2. The number of fused-ring (bicyclic) bond motifs is 1. The van der Waals surface area contributed by atoms with Gasteiger partial charge in [0.2, 0.25) is 12.7 Å². The molecule has 2 N–H and O–H groups in total. The zero-order chi connectivity index (χ0) is 20.5. The van der Waals surface area contributed by atoms with Gasteiger partial charge in [0.05, 0.1) is 6.42 Å². The standard InChI is InChI=1S/C21H20N2O6/c24-19(9-6-15-4-2-1-3-5-15)22-11-10-21(26)27-13-20(25)23-16-7-8-17-18(12-16)29-14-28-17/h1-9,12H,10-11,13-14H2,(H,22,24)(H,23,25)/b9-6+. The van der Waals surface area contributed by atoms with Crippen molar-refractivity contribution in [3.8, 4) is 11.5 Å². The van der Waals surface area contributed by atoms with Crippen LogP contribution in [0.1, 0.15) is 12.0 Å². The number of carbonyl (C=O) groups is 3. The lowest BCUT2D eigenvalue weighted by Gasteiger charge is -2.07. The lowest BCUT2D eigenvalue weighted by molar-refractivity contribution is -0.147. The lowest BCUT2D eigenvalue weighted by Crippen LogP contribution is -2.26. The third kappa shape index (κ3) is 6.39. The predicted molar refractivity (Wildman–Crippen MR) is 105 cm³/mol. The molecule has 0 spiro atoms. The van der Waals surface area contributed by atoms with Gasteiger partial charge >= 0.3 is 5.97 Å². The Hall–Kier alpha value is -3.81. The number of esters is 1. The molecular weight excluding hydrogens is 376 g/mol. The van der Waals surface area contributed by atoms with Crippen LogP contribution in [0.4, 0.5) is 5.69 Å². The van der Waals surface area contributed by atoms with Gasteiger partial charge in [-0.1, -0.05) is 30.3 Å². The molecule has 2 aromatic rings. The molecule has 0 radical (unpaired) electrons. The van der Waals surface area contributed by atoms with Crippen LogP contribution in [0.5, 0.6) is 11.5 Å². The van der Waals surface area contributed by atoms with Crippen molar-refractivity contribution < 1.29 is 28.6 Å². The summed E-state index contributed by atoms with van der Waals surface area (Å²) in [4.78, 5) is 35.3. The van der Waals surface area contributed by atoms with Gasteiger partial charge < -0.3 is 24.8 Å². The first kappa shape index (κ1) is 19.9. The maximum atomic E-state index is 11.9. The number of benzene rings is 2. The van der Waals surface area contributed by atoms with E-state index in [9.17, 15) is 14.4 Å². The first-order valence-electron chi connectivity index (χ1n) is 8.96. The zero-order valence-corrected chi connectivity index (χ0v) is 15.6. The van der Waals surface area contributed by atoms with Crippen LogP contribution in [-0.4, -0.2) is 37.7 Å². The van der Waals surface area contributed by atoms with Gasteiger partial charge in [-0.3, -0.25) is 14.4 Å². The van der Waals surface area contributed by atoms with Crippen molar-refractivity contribution in [2.24, 2.45) is 0 Å². The van der Waals surface area contributed by atoms with E-state index in [-0.39, 0.29) is 25.7 Å². The summed E-state index contributed by atoms with van der Waals surface area (Å²) in [6.45, 7) is -0.168. The van der Waals surface area contributed by atoms with Crippen LogP contribution in [0.3, 0.4) is 0 Å². The topological polar surface area (TPSA) is 103 Å². The Balaban J connectivity index is 1.32. The molecule has 3 rings (SSSR count). The molecule has 1 aliphatic heterocycles. The Morgan fingerprint density at radius 2 is 1.83 bits per heavy atom. The minimum atomic E-state index is -0.585. The summed E-state index contributed by atoms with van der Waals surface area (Å²) in [5, 5.41) is 5.19. The molecule has 0 bridgehead atoms. The monoisotopic (exact) mass is 396 g/mol. The summed E-state index contributed by atoms with van der Waals surface area (Å²) in [5.74, 6) is -0.237. The molecule has 0 aliphatic carbocycles. The van der Waals surface area contributed by atoms with Crippen LogP contribution in [0.15, 0.2) is 54.6 Å². The molecule has 29 heavy (non-hydrogen) atoms. The Morgan fingerprint density at radius 1 is 1.03 bits per heavy atom. The van der Waals surface area contributed by atoms with Crippen molar-refractivity contribution in [3.05, 3.63) is 60.2 Å². The Bertz CT molecular complexity index is 911. The molecule has 8 nitrogen and oxygen atoms in total. The van der Waals surface area contributed by atoms with Gasteiger partial charge in [-0.05, 0) is 23.8 Å². The molecule has 0 saturated carbocycles. The maximum absolute atomic E-state index is 11.9. The molecule has 1 aliphatic rings. The van der Waals surface area contributed by atoms with E-state index in [2.05, 4.69) is 10.6 Å². The summed E-state index contributed by atoms with van der Waals surface area (Å²) in [7, 11) is 0. The van der Waals surface area contributed by atoms with Gasteiger partial charge in [-0.15, -0.1) is 0 Å². The molecule has 1 heterocycles. The molecule has 0 atom stereocenters. The number of ether oxygens (including phenoxy) is 3. The van der Waals surface area contributed by atoms with Crippen LogP contribution >= 0.6 is 0 Å². The summed E-state index contributed by atoms with van der Waals surface area (Å²) in [6.07, 6.45) is 3.02. The molecular formula is C21H20N2O6. The second-order valence-electron chi connectivity index (χ2n) is 6.06. The predicted octanol–water partition coefficient (Wildman–Crippen LogP) is 2.12. The van der Waals surface area contributed by atoms with Crippen LogP contribution < -0.4 is 20.1 Å². The van der Waals surface area contributed by atoms with Gasteiger partial charge in [0.15, 0.2) is 18.1 Å². The number of amides is 2. The fraction of sp³-hybridized carbons (Fsp3) is 0.190. The fourth-order valence-corrected chi connectivity index (χ4v) is 2.47. The number of hydrogen-bond donors (Lipinski definition) is 2. The quantitative estimate of drug-likeness (QED) is 0.523. The second kappa shape index (κ2) is 9.93. The van der Waals surface area contributed by atoms with E-state index in [4.69, 9.17) is 14.2 Å². The number of rotatable bonds is 8. The molecule has 0 unspecified atom stereocenters. The Labute approximate surface area is 167 Å². The van der Waals surface area contributed by atoms with E-state index >= 15 is 0 Å². The van der Waals surface area contributed by atoms with E-state index < -0.39 is 18.5 Å². The van der Waals surface area contributed by atoms with E-state index in [1.54, 1.807) is 24.3 Å². The highest BCUT2D eigenvalue weighted by Gasteiger charge is 2.14. The van der Waals surface area contributed by atoms with Crippen molar-refractivity contribution in [2.45, 2.75) is 6.42 Å². The van der Waals surface area contributed by atoms with Gasteiger partial charge in [0.25, 0.3) is 5.91 Å². The summed E-state index contributed by atoms with van der Waals surface area (Å²) >= 11 is 0. The van der Waals surface area contributed by atoms with E-state index in [1.165, 1.54) is 6.08 Å². The average molecular weight is 396 g/mol. The number of nitrogens with one attached hydrogen (secondary N) is 2. The highest BCUT2D eigenvalue weighted by Crippen LogP contribution is 2.34. The van der Waals surface area contributed by atoms with Gasteiger partial charge in [0.1, 0.15) is 0 Å². The van der Waals surface area contributed by atoms with Gasteiger partial charge in [-0.25, -0.2) is 0 Å². The third-order valence-electron chi connectivity index (χ3n) is 3.88. The van der Waals surface area contributed by atoms with E-state index in [0.717, 1.165) is 5.56 Å². The number of carbonyl (C=O) groups excluding carboxylic acids is 3. The van der Waals surface area contributed by atoms with Crippen LogP contribution in [0, 0.1) is 0 Å². The smallest absolute Gasteiger partial charge is 0.308 e. The zero-order valence-electron chi connectivity index (χ0n) is 15.6. The minimum Gasteiger partial charge on any atom is -0.456 e. The molecule has 2 amide bonds. The van der Waals surface area contributed by atoms with E-state index in [0.29, 0.717) is 17.2 Å². The molecule has 0 saturated heterocycles. The largest absolute Gasteiger partial charge is 0.456 e. The van der Waals surface area contributed by atoms with Crippen LogP contribution in [0.2, 0.25) is 0 Å². The second-order valence-corrected chi connectivity index (χ2v) is 6.06.